The molecular weight excluding hydrogens is 1430 g/mol. The Kier molecular flexibility index (Phi) is 15.3. The summed E-state index contributed by atoms with van der Waals surface area (Å²) < 4.78 is 19.0. The summed E-state index contributed by atoms with van der Waals surface area (Å²) in [6.45, 7) is 0. The van der Waals surface area contributed by atoms with Crippen LogP contribution in [0.3, 0.4) is 0 Å². The Bertz CT molecular complexity index is 8150. The van der Waals surface area contributed by atoms with E-state index in [0.29, 0.717) is 0 Å². The fraction of sp³-hybridized carbons (Fsp3) is 0. The highest BCUT2D eigenvalue weighted by atomic mass is 16.3. The molecule has 0 spiro atoms. The van der Waals surface area contributed by atoms with Crippen LogP contribution in [-0.4, -0.2) is 9.13 Å². The summed E-state index contributed by atoms with van der Waals surface area (Å²) >= 11 is 0. The van der Waals surface area contributed by atoms with Gasteiger partial charge in [-0.1, -0.05) is 322 Å². The second-order valence-corrected chi connectivity index (χ2v) is 30.9. The SMILES string of the molecule is c1cc(-c2ccccc2-n2c3ccccc3c3ccccc32)cc(N(c2ccc3c(ccc4ccccc43)c2)c2cc(-c3cccc4c(N(c5cccc(-c6ccccc6-n6c7ccccc7c7ccccc76)c5)c5ccccc5-c5cccc6c5oc5ccccc56)cc5ccccc5c34)ccc2-c2cccc3c2oc2ccccc23)c1. The molecule has 6 nitrogen and oxygen atoms in total. The van der Waals surface area contributed by atoms with Gasteiger partial charge in [0.25, 0.3) is 0 Å². The molecule has 0 bridgehead atoms. The fourth-order valence-corrected chi connectivity index (χ4v) is 19.3. The number of anilines is 6. The molecule has 24 aromatic rings. The van der Waals surface area contributed by atoms with Gasteiger partial charge in [-0.15, -0.1) is 0 Å². The van der Waals surface area contributed by atoms with Crippen molar-refractivity contribution in [3.05, 3.63) is 425 Å². The third-order valence-electron chi connectivity index (χ3n) is 24.5. The molecule has 0 saturated heterocycles. The number of aromatic nitrogens is 2. The van der Waals surface area contributed by atoms with E-state index in [1.807, 2.05) is 0 Å². The van der Waals surface area contributed by atoms with E-state index in [0.717, 1.165) is 194 Å². The van der Waals surface area contributed by atoms with Crippen molar-refractivity contribution < 1.29 is 8.83 Å². The van der Waals surface area contributed by atoms with Crippen LogP contribution in [0.5, 0.6) is 0 Å². The van der Waals surface area contributed by atoms with E-state index in [-0.39, 0.29) is 0 Å². The Morgan fingerprint density at radius 3 is 1.16 bits per heavy atom. The number of furan rings is 2. The zero-order chi connectivity index (χ0) is 77.5. The lowest BCUT2D eigenvalue weighted by atomic mass is 9.90. The minimum absolute atomic E-state index is 0.827. The van der Waals surface area contributed by atoms with Crippen LogP contribution in [0.15, 0.2) is 433 Å². The Labute approximate surface area is 679 Å². The molecule has 0 atom stereocenters. The van der Waals surface area contributed by atoms with Crippen LogP contribution in [-0.2, 0) is 0 Å². The van der Waals surface area contributed by atoms with E-state index in [9.17, 15) is 0 Å². The molecule has 24 rings (SSSR count). The lowest BCUT2D eigenvalue weighted by molar-refractivity contribution is 0.669. The maximum absolute atomic E-state index is 7.12. The average Bonchev–Trinajstić information content (AvgIpc) is 0.829. The van der Waals surface area contributed by atoms with E-state index in [1.54, 1.807) is 0 Å². The zero-order valence-corrected chi connectivity index (χ0v) is 64.0. The molecule has 4 heterocycles. The van der Waals surface area contributed by atoms with Crippen molar-refractivity contribution in [1.29, 1.82) is 0 Å². The van der Waals surface area contributed by atoms with Crippen molar-refractivity contribution in [2.45, 2.75) is 0 Å². The maximum Gasteiger partial charge on any atom is 0.143 e. The van der Waals surface area contributed by atoms with Crippen molar-refractivity contribution >= 4 is 165 Å². The molecule has 550 valence electrons. The monoisotopic (exact) mass is 1500 g/mol. The normalized spacial score (nSPS) is 11.9. The van der Waals surface area contributed by atoms with Crippen molar-refractivity contribution in [3.8, 4) is 67.0 Å². The fourth-order valence-electron chi connectivity index (χ4n) is 19.3. The topological polar surface area (TPSA) is 42.6 Å². The Morgan fingerprint density at radius 2 is 0.576 bits per heavy atom. The molecule has 0 radical (unpaired) electrons. The summed E-state index contributed by atoms with van der Waals surface area (Å²) in [4.78, 5) is 5.02. The van der Waals surface area contributed by atoms with Crippen LogP contribution >= 0.6 is 0 Å². The van der Waals surface area contributed by atoms with Crippen LogP contribution < -0.4 is 9.80 Å². The van der Waals surface area contributed by atoms with Gasteiger partial charge < -0.3 is 27.8 Å². The van der Waals surface area contributed by atoms with Gasteiger partial charge >= 0.3 is 0 Å². The van der Waals surface area contributed by atoms with Gasteiger partial charge in [0.15, 0.2) is 0 Å². The number of nitrogens with zero attached hydrogens (tertiary/aromatic N) is 4. The second kappa shape index (κ2) is 27.0. The van der Waals surface area contributed by atoms with Crippen LogP contribution in [0.2, 0.25) is 0 Å². The maximum atomic E-state index is 7.12. The molecule has 20 aromatic carbocycles. The van der Waals surface area contributed by atoms with E-state index in [1.165, 1.54) is 37.7 Å². The van der Waals surface area contributed by atoms with Crippen molar-refractivity contribution in [3.63, 3.8) is 0 Å². The highest BCUT2D eigenvalue weighted by Crippen LogP contribution is 2.53. The summed E-state index contributed by atoms with van der Waals surface area (Å²) in [5.74, 6) is 0. The quantitative estimate of drug-likeness (QED) is 0.108. The first-order valence-electron chi connectivity index (χ1n) is 40.4. The van der Waals surface area contributed by atoms with Crippen LogP contribution in [0.25, 0.3) is 198 Å². The third kappa shape index (κ3) is 10.5. The summed E-state index contributed by atoms with van der Waals surface area (Å²) in [5.41, 5.74) is 26.7. The summed E-state index contributed by atoms with van der Waals surface area (Å²) in [6, 6.07) is 156. The predicted octanol–water partition coefficient (Wildman–Crippen LogP) is 31.6. The molecule has 0 aliphatic rings. The summed E-state index contributed by atoms with van der Waals surface area (Å²) in [6.07, 6.45) is 0. The van der Waals surface area contributed by atoms with Crippen molar-refractivity contribution in [2.24, 2.45) is 0 Å². The van der Waals surface area contributed by atoms with Crippen molar-refractivity contribution in [2.75, 3.05) is 9.80 Å². The number of rotatable bonds is 13. The molecule has 0 unspecified atom stereocenters. The average molecular weight is 1500 g/mol. The predicted molar refractivity (Wildman–Crippen MR) is 496 cm³/mol. The van der Waals surface area contributed by atoms with E-state index < -0.39 is 0 Å². The van der Waals surface area contributed by atoms with Gasteiger partial charge in [0, 0.05) is 98.9 Å². The molecule has 0 saturated carbocycles. The highest BCUT2D eigenvalue weighted by Gasteiger charge is 2.29. The van der Waals surface area contributed by atoms with Gasteiger partial charge in [-0.3, -0.25) is 0 Å². The van der Waals surface area contributed by atoms with Crippen LogP contribution in [0.1, 0.15) is 0 Å². The highest BCUT2D eigenvalue weighted by molar-refractivity contribution is 6.22. The number of hydrogen-bond donors (Lipinski definition) is 0. The molecule has 0 aliphatic carbocycles. The first kappa shape index (κ1) is 66.8. The summed E-state index contributed by atoms with van der Waals surface area (Å²) in [7, 11) is 0. The van der Waals surface area contributed by atoms with Crippen LogP contribution in [0, 0.1) is 0 Å². The van der Waals surface area contributed by atoms with Gasteiger partial charge in [0.2, 0.25) is 0 Å². The zero-order valence-electron chi connectivity index (χ0n) is 64.0. The minimum atomic E-state index is 0.827. The number of hydrogen-bond acceptors (Lipinski definition) is 4. The lowest BCUT2D eigenvalue weighted by Gasteiger charge is -2.31. The Morgan fingerprint density at radius 1 is 0.186 bits per heavy atom. The summed E-state index contributed by atoms with van der Waals surface area (Å²) in [5, 5.41) is 18.3. The van der Waals surface area contributed by atoms with Gasteiger partial charge in [-0.05, 0) is 163 Å². The first-order chi connectivity index (χ1) is 58.6. The largest absolute Gasteiger partial charge is 0.455 e. The molecule has 4 aromatic heterocycles. The minimum Gasteiger partial charge on any atom is -0.455 e. The van der Waals surface area contributed by atoms with Gasteiger partial charge in [0.05, 0.1) is 50.5 Å². The van der Waals surface area contributed by atoms with Crippen LogP contribution in [0.4, 0.5) is 34.1 Å². The van der Waals surface area contributed by atoms with Gasteiger partial charge in [-0.2, -0.15) is 0 Å². The molecule has 0 N–H and O–H groups in total. The van der Waals surface area contributed by atoms with Gasteiger partial charge in [-0.25, -0.2) is 0 Å². The number of benzene rings is 20. The first-order valence-corrected chi connectivity index (χ1v) is 40.4. The van der Waals surface area contributed by atoms with Crippen molar-refractivity contribution in [1.82, 2.24) is 9.13 Å². The smallest absolute Gasteiger partial charge is 0.143 e. The van der Waals surface area contributed by atoms with E-state index in [4.69, 9.17) is 8.83 Å². The molecule has 0 amide bonds. The number of fused-ring (bicyclic) bond motifs is 18. The molecule has 6 heteroatoms. The standard InChI is InChI=1S/C112H70N4O2/c1-3-34-80-71(28-1)60-61-75-68-79(63-65-81(75)80)113(77-32-23-30-72(66-77)82-35-5-14-51-99(82)115-102-54-17-7-38-86(102)87-39-8-18-55-103(87)115)106-70-76(62-64-91(106)95-47-27-49-97-93-44-13-22-59-109(93)118-112(95)97)85-45-25-50-98-107(69-74-29-2-4-37-84(74)110(85)98)114(101-53-16-11-42-90(101)94-46-26-48-96-92-43-12-21-58-108(92)117-111(94)96)78-33-24-31-73(67-78)83-36-6-15-52-100(83)116-104-56-19-9-40-88(104)89-41-10-20-57-105(89)116/h1-70H. The Hall–Kier alpha value is -15.8. The number of para-hydroxylation sites is 11. The second-order valence-electron chi connectivity index (χ2n) is 30.9. The molecule has 0 aliphatic heterocycles. The molecule has 118 heavy (non-hydrogen) atoms. The van der Waals surface area contributed by atoms with Gasteiger partial charge in [0.1, 0.15) is 22.3 Å². The van der Waals surface area contributed by atoms with E-state index in [2.05, 4.69) is 444 Å². The molecular formula is C112H70N4O2. The van der Waals surface area contributed by atoms with E-state index >= 15 is 0 Å². The lowest BCUT2D eigenvalue weighted by Crippen LogP contribution is -2.12. The molecule has 0 fully saturated rings. The Balaban J connectivity index is 0.759. The third-order valence-corrected chi connectivity index (χ3v) is 24.5.